The van der Waals surface area contributed by atoms with Crippen LogP contribution in [0, 0.1) is 18.3 Å². The molecule has 4 heteroatoms. The normalized spacial score (nSPS) is 17.0. The molecule has 0 spiro atoms. The van der Waals surface area contributed by atoms with Crippen LogP contribution in [0.3, 0.4) is 0 Å². The fourth-order valence-electron chi connectivity index (χ4n) is 3.15. The first-order valence-corrected chi connectivity index (χ1v) is 8.78. The van der Waals surface area contributed by atoms with Gasteiger partial charge in [0.05, 0.1) is 17.7 Å². The minimum atomic E-state index is -0.526. The van der Waals surface area contributed by atoms with Crippen LogP contribution in [0.15, 0.2) is 48.5 Å². The summed E-state index contributed by atoms with van der Waals surface area (Å²) in [4.78, 5) is 2.28. The van der Waals surface area contributed by atoms with Crippen LogP contribution >= 0.6 is 0 Å². The molecule has 1 aliphatic rings. The molecule has 2 aromatic carbocycles. The number of aryl methyl sites for hydroxylation is 1. The van der Waals surface area contributed by atoms with Crippen LogP contribution in [0.25, 0.3) is 0 Å². The van der Waals surface area contributed by atoms with Crippen LogP contribution in [-0.4, -0.2) is 35.7 Å². The predicted molar refractivity (Wildman–Crippen MR) is 97.4 cm³/mol. The molecule has 0 aromatic heterocycles. The maximum atomic E-state index is 10.4. The Labute approximate surface area is 149 Å². The van der Waals surface area contributed by atoms with Gasteiger partial charge in [0.15, 0.2) is 0 Å². The molecule has 0 saturated carbocycles. The van der Waals surface area contributed by atoms with Gasteiger partial charge in [0.25, 0.3) is 0 Å². The highest BCUT2D eigenvalue weighted by atomic mass is 16.5. The lowest BCUT2D eigenvalue weighted by Gasteiger charge is -2.33. The van der Waals surface area contributed by atoms with Gasteiger partial charge in [-0.15, -0.1) is 0 Å². The first kappa shape index (κ1) is 17.5. The third kappa shape index (κ3) is 4.82. The van der Waals surface area contributed by atoms with Crippen LogP contribution in [-0.2, 0) is 0 Å². The number of hydrogen-bond donors (Lipinski definition) is 1. The first-order valence-electron chi connectivity index (χ1n) is 8.78. The number of rotatable bonds is 5. The number of aliphatic hydroxyl groups is 1. The van der Waals surface area contributed by atoms with Crippen molar-refractivity contribution in [2.24, 2.45) is 0 Å². The maximum Gasteiger partial charge on any atom is 0.119 e. The molecule has 130 valence electrons. The van der Waals surface area contributed by atoms with E-state index in [1.165, 1.54) is 5.56 Å². The molecule has 25 heavy (non-hydrogen) atoms. The number of β-amino-alcohol motifs (C(OH)–C–C–N with tert-alkyl or cyclic N) is 1. The largest absolute Gasteiger partial charge is 0.490 e. The zero-order chi connectivity index (χ0) is 17.6. The number of nitrogens with zero attached hydrogens (tertiary/aromatic N) is 2. The Morgan fingerprint density at radius 1 is 1.12 bits per heavy atom. The molecule has 1 fully saturated rings. The van der Waals surface area contributed by atoms with Gasteiger partial charge >= 0.3 is 0 Å². The second kappa shape index (κ2) is 8.15. The third-order valence-electron chi connectivity index (χ3n) is 4.71. The van der Waals surface area contributed by atoms with Crippen LogP contribution < -0.4 is 4.74 Å². The molecule has 0 aliphatic carbocycles. The molecule has 0 radical (unpaired) electrons. The van der Waals surface area contributed by atoms with E-state index in [4.69, 9.17) is 10.00 Å². The van der Waals surface area contributed by atoms with Crippen molar-refractivity contribution in [3.05, 3.63) is 65.2 Å². The molecule has 1 saturated heterocycles. The van der Waals surface area contributed by atoms with E-state index < -0.39 is 6.10 Å². The van der Waals surface area contributed by atoms with E-state index in [1.807, 2.05) is 24.3 Å². The van der Waals surface area contributed by atoms with Gasteiger partial charge in [-0.2, -0.15) is 5.26 Å². The van der Waals surface area contributed by atoms with E-state index in [2.05, 4.69) is 30.0 Å². The van der Waals surface area contributed by atoms with Crippen molar-refractivity contribution in [3.63, 3.8) is 0 Å². The van der Waals surface area contributed by atoms with Crippen molar-refractivity contribution in [1.29, 1.82) is 5.26 Å². The van der Waals surface area contributed by atoms with E-state index in [-0.39, 0.29) is 6.10 Å². The minimum absolute atomic E-state index is 0.242. The number of ether oxygens (including phenoxy) is 1. The Morgan fingerprint density at radius 2 is 1.76 bits per heavy atom. The summed E-state index contributed by atoms with van der Waals surface area (Å²) in [5, 5.41) is 19.2. The number of nitriles is 1. The van der Waals surface area contributed by atoms with E-state index >= 15 is 0 Å². The Kier molecular flexibility index (Phi) is 5.70. The summed E-state index contributed by atoms with van der Waals surface area (Å²) < 4.78 is 6.05. The predicted octanol–water partition coefficient (Wildman–Crippen LogP) is 3.44. The zero-order valence-corrected chi connectivity index (χ0v) is 14.6. The molecule has 2 aromatic rings. The van der Waals surface area contributed by atoms with Crippen molar-refractivity contribution in [2.75, 3.05) is 19.6 Å². The number of hydrogen-bond acceptors (Lipinski definition) is 4. The summed E-state index contributed by atoms with van der Waals surface area (Å²) in [6.07, 6.45) is 1.65. The topological polar surface area (TPSA) is 56.5 Å². The van der Waals surface area contributed by atoms with Crippen LogP contribution in [0.2, 0.25) is 0 Å². The number of likely N-dealkylation sites (tertiary alicyclic amines) is 1. The molecule has 0 amide bonds. The molecule has 1 atom stereocenters. The molecule has 1 heterocycles. The summed E-state index contributed by atoms with van der Waals surface area (Å²) in [6.45, 7) is 4.53. The molecule has 1 N–H and O–H groups in total. The van der Waals surface area contributed by atoms with Gasteiger partial charge in [-0.3, -0.25) is 0 Å². The van der Waals surface area contributed by atoms with Crippen molar-refractivity contribution in [2.45, 2.75) is 32.0 Å². The summed E-state index contributed by atoms with van der Waals surface area (Å²) in [5.41, 5.74) is 2.71. The first-order chi connectivity index (χ1) is 12.1. The highest BCUT2D eigenvalue weighted by Crippen LogP contribution is 2.22. The molecular formula is C21H24N2O2. The second-order valence-corrected chi connectivity index (χ2v) is 6.68. The fourth-order valence-corrected chi connectivity index (χ4v) is 3.15. The van der Waals surface area contributed by atoms with Crippen LogP contribution in [0.4, 0.5) is 0 Å². The van der Waals surface area contributed by atoms with Gasteiger partial charge in [-0.1, -0.05) is 29.8 Å². The highest BCUT2D eigenvalue weighted by Gasteiger charge is 2.22. The van der Waals surface area contributed by atoms with Crippen LogP contribution in [0.1, 0.15) is 35.6 Å². The van der Waals surface area contributed by atoms with Gasteiger partial charge in [0.2, 0.25) is 0 Å². The third-order valence-corrected chi connectivity index (χ3v) is 4.71. The molecule has 0 bridgehead atoms. The van der Waals surface area contributed by atoms with Crippen molar-refractivity contribution in [3.8, 4) is 11.8 Å². The summed E-state index contributed by atoms with van der Waals surface area (Å²) >= 11 is 0. The second-order valence-electron chi connectivity index (χ2n) is 6.68. The zero-order valence-electron chi connectivity index (χ0n) is 14.6. The summed E-state index contributed by atoms with van der Waals surface area (Å²) in [5.74, 6) is 0.932. The number of benzene rings is 2. The standard InChI is InChI=1S/C21H24N2O2/c1-16-2-8-19(9-3-16)25-20-10-12-23(13-11-20)15-21(24)18-6-4-17(14-22)5-7-18/h2-9,20-21,24H,10-13,15H2,1H3. The monoisotopic (exact) mass is 336 g/mol. The van der Waals surface area contributed by atoms with Crippen molar-refractivity contribution >= 4 is 0 Å². The van der Waals surface area contributed by atoms with Crippen molar-refractivity contribution < 1.29 is 9.84 Å². The summed E-state index contributed by atoms with van der Waals surface area (Å²) in [7, 11) is 0. The number of piperidine rings is 1. The smallest absolute Gasteiger partial charge is 0.119 e. The Hall–Kier alpha value is -2.35. The Morgan fingerprint density at radius 3 is 2.36 bits per heavy atom. The fraction of sp³-hybridized carbons (Fsp3) is 0.381. The highest BCUT2D eigenvalue weighted by molar-refractivity contribution is 5.32. The average molecular weight is 336 g/mol. The molecular weight excluding hydrogens is 312 g/mol. The van der Waals surface area contributed by atoms with Crippen LogP contribution in [0.5, 0.6) is 5.75 Å². The van der Waals surface area contributed by atoms with E-state index in [0.717, 1.165) is 37.2 Å². The summed E-state index contributed by atoms with van der Waals surface area (Å²) in [6, 6.07) is 17.4. The molecule has 1 aliphatic heterocycles. The quantitative estimate of drug-likeness (QED) is 0.909. The maximum absolute atomic E-state index is 10.4. The van der Waals surface area contributed by atoms with Gasteiger partial charge in [0.1, 0.15) is 11.9 Å². The van der Waals surface area contributed by atoms with Crippen molar-refractivity contribution in [1.82, 2.24) is 4.90 Å². The number of aliphatic hydroxyl groups excluding tert-OH is 1. The van der Waals surface area contributed by atoms with E-state index in [0.29, 0.717) is 12.1 Å². The lowest BCUT2D eigenvalue weighted by atomic mass is 10.0. The molecule has 1 unspecified atom stereocenters. The molecule has 4 nitrogen and oxygen atoms in total. The van der Waals surface area contributed by atoms with Gasteiger partial charge in [0, 0.05) is 19.6 Å². The Bertz CT molecular complexity index is 711. The lowest BCUT2D eigenvalue weighted by molar-refractivity contribution is 0.0610. The van der Waals surface area contributed by atoms with Gasteiger partial charge in [-0.25, -0.2) is 0 Å². The van der Waals surface area contributed by atoms with Gasteiger partial charge < -0.3 is 14.7 Å². The molecule has 3 rings (SSSR count). The van der Waals surface area contributed by atoms with E-state index in [1.54, 1.807) is 12.1 Å². The van der Waals surface area contributed by atoms with Gasteiger partial charge in [-0.05, 0) is 49.6 Å². The Balaban J connectivity index is 1.47. The minimum Gasteiger partial charge on any atom is -0.490 e. The lowest BCUT2D eigenvalue weighted by Crippen LogP contribution is -2.40. The SMILES string of the molecule is Cc1ccc(OC2CCN(CC(O)c3ccc(C#N)cc3)CC2)cc1. The average Bonchev–Trinajstić information content (AvgIpc) is 2.65. The van der Waals surface area contributed by atoms with E-state index in [9.17, 15) is 5.11 Å².